The number of nitrogens with zero attached hydrogens (tertiary/aromatic N) is 3. The smallest absolute Gasteiger partial charge is 0.263 e. The Morgan fingerprint density at radius 2 is 2.40 bits per heavy atom. The summed E-state index contributed by atoms with van der Waals surface area (Å²) in [4.78, 5) is 0. The van der Waals surface area contributed by atoms with Crippen LogP contribution in [0.15, 0.2) is 6.20 Å². The van der Waals surface area contributed by atoms with Crippen LogP contribution in [-0.2, 0) is 0 Å². The van der Waals surface area contributed by atoms with Crippen molar-refractivity contribution in [1.29, 1.82) is 0 Å². The number of hydrogen-bond donors (Lipinski definition) is 0. The van der Waals surface area contributed by atoms with Gasteiger partial charge in [0.15, 0.2) is 23.0 Å². The molecule has 0 aliphatic carbocycles. The number of aromatic nitrogens is 3. The lowest BCUT2D eigenvalue weighted by atomic mass is 10.4. The number of rotatable bonds is 2. The summed E-state index contributed by atoms with van der Waals surface area (Å²) in [5, 5.41) is 7.56. The van der Waals surface area contributed by atoms with Gasteiger partial charge in [-0.15, -0.1) is 0 Å². The zero-order valence-corrected chi connectivity index (χ0v) is 7.94. The zero-order valence-electron chi connectivity index (χ0n) is 5.78. The summed E-state index contributed by atoms with van der Waals surface area (Å²) in [6.45, 7) is 4.07. The van der Waals surface area contributed by atoms with Gasteiger partial charge in [0.05, 0.1) is 6.20 Å². The van der Waals surface area contributed by atoms with Crippen molar-refractivity contribution in [3.63, 3.8) is 0 Å². The Hall–Kier alpha value is -0.330. The molecule has 1 rings (SSSR count). The molecule has 0 aromatic carbocycles. The molecule has 0 fully saturated rings. The molecule has 0 unspecified atom stereocenters. The summed E-state index contributed by atoms with van der Waals surface area (Å²) >= 11 is 1.77. The molecule has 0 bridgehead atoms. The summed E-state index contributed by atoms with van der Waals surface area (Å²) in [6, 6.07) is 0.341. The van der Waals surface area contributed by atoms with E-state index in [2.05, 4.69) is 10.3 Å². The van der Waals surface area contributed by atoms with Gasteiger partial charge in [0.2, 0.25) is 0 Å². The normalized spacial score (nSPS) is 10.4. The molecule has 0 aliphatic heterocycles. The van der Waals surface area contributed by atoms with Crippen LogP contribution in [-0.4, -0.2) is 15.0 Å². The van der Waals surface area contributed by atoms with Crippen LogP contribution in [0.1, 0.15) is 19.9 Å². The molecule has 1 heterocycles. The fraction of sp³-hybridized carbons (Fsp3) is 0.600. The van der Waals surface area contributed by atoms with E-state index in [-0.39, 0.29) is 0 Å². The van der Waals surface area contributed by atoms with E-state index in [1.54, 1.807) is 33.9 Å². The zero-order chi connectivity index (χ0) is 7.56. The van der Waals surface area contributed by atoms with Gasteiger partial charge in [0, 0.05) is 6.04 Å². The molecule has 0 radical (unpaired) electrons. The first-order valence-corrected chi connectivity index (χ1v) is 3.82. The van der Waals surface area contributed by atoms with E-state index in [9.17, 15) is 0 Å². The predicted octanol–water partition coefficient (Wildman–Crippen LogP) is 1.59. The van der Waals surface area contributed by atoms with Gasteiger partial charge in [-0.05, 0) is 13.8 Å². The third kappa shape index (κ3) is 1.59. The molecular weight excluding hydrogens is 245 g/mol. The van der Waals surface area contributed by atoms with Crippen molar-refractivity contribution in [2.75, 3.05) is 0 Å². The van der Waals surface area contributed by atoms with Crippen LogP contribution in [0.4, 0.5) is 0 Å². The molecule has 4 nitrogen and oxygen atoms in total. The molecule has 56 valence electrons. The van der Waals surface area contributed by atoms with E-state index in [1.165, 1.54) is 0 Å². The van der Waals surface area contributed by atoms with Crippen molar-refractivity contribution in [3.8, 4) is 5.88 Å². The first-order chi connectivity index (χ1) is 4.74. The van der Waals surface area contributed by atoms with E-state index in [4.69, 9.17) is 3.07 Å². The van der Waals surface area contributed by atoms with Crippen LogP contribution in [0.25, 0.3) is 0 Å². The van der Waals surface area contributed by atoms with Gasteiger partial charge in [-0.3, -0.25) is 0 Å². The molecule has 0 saturated carbocycles. The SMILES string of the molecule is CC(C)n1cc(OI)nn1. The Morgan fingerprint density at radius 1 is 1.70 bits per heavy atom. The second kappa shape index (κ2) is 3.18. The second-order valence-corrected chi connectivity index (χ2v) is 2.65. The summed E-state index contributed by atoms with van der Waals surface area (Å²) in [6.07, 6.45) is 1.76. The molecule has 5 heteroatoms. The average molecular weight is 253 g/mol. The molecule has 0 atom stereocenters. The minimum atomic E-state index is 0.341. The molecular formula is C5H8IN3O. The average Bonchev–Trinajstić information content (AvgIpc) is 2.34. The summed E-state index contributed by atoms with van der Waals surface area (Å²) in [5.41, 5.74) is 0. The maximum Gasteiger partial charge on any atom is 0.263 e. The Balaban J connectivity index is 2.78. The topological polar surface area (TPSA) is 39.9 Å². The van der Waals surface area contributed by atoms with Crippen molar-refractivity contribution in [2.45, 2.75) is 19.9 Å². The third-order valence-electron chi connectivity index (χ3n) is 1.10. The van der Waals surface area contributed by atoms with E-state index in [0.717, 1.165) is 0 Å². The van der Waals surface area contributed by atoms with Crippen molar-refractivity contribution < 1.29 is 3.07 Å². The predicted molar refractivity (Wildman–Crippen MR) is 45.1 cm³/mol. The maximum absolute atomic E-state index is 4.82. The van der Waals surface area contributed by atoms with Gasteiger partial charge in [-0.1, -0.05) is 10.3 Å². The van der Waals surface area contributed by atoms with Crippen molar-refractivity contribution in [1.82, 2.24) is 15.0 Å². The van der Waals surface area contributed by atoms with E-state index in [1.807, 2.05) is 13.8 Å². The highest BCUT2D eigenvalue weighted by Crippen LogP contribution is 2.10. The standard InChI is InChI=1S/C5H8IN3O/c1-4(2)9-3-5(10-6)7-8-9/h3-4H,1-2H3. The Kier molecular flexibility index (Phi) is 2.47. The Bertz CT molecular complexity index is 210. The molecule has 1 aromatic heterocycles. The summed E-state index contributed by atoms with van der Waals surface area (Å²) in [7, 11) is 0. The lowest BCUT2D eigenvalue weighted by molar-refractivity contribution is 0.514. The quantitative estimate of drug-likeness (QED) is 0.751. The van der Waals surface area contributed by atoms with E-state index < -0.39 is 0 Å². The molecule has 0 amide bonds. The van der Waals surface area contributed by atoms with Crippen molar-refractivity contribution in [2.24, 2.45) is 0 Å². The second-order valence-electron chi connectivity index (χ2n) is 2.21. The maximum atomic E-state index is 4.82. The summed E-state index contributed by atoms with van der Waals surface area (Å²) in [5.74, 6) is 0.550. The third-order valence-corrected chi connectivity index (χ3v) is 1.55. The molecule has 0 N–H and O–H groups in total. The van der Waals surface area contributed by atoms with Crippen LogP contribution in [0.3, 0.4) is 0 Å². The minimum absolute atomic E-state index is 0.341. The van der Waals surface area contributed by atoms with Gasteiger partial charge >= 0.3 is 0 Å². The monoisotopic (exact) mass is 253 g/mol. The minimum Gasteiger partial charge on any atom is -0.405 e. The van der Waals surface area contributed by atoms with Crippen molar-refractivity contribution >= 4 is 23.0 Å². The van der Waals surface area contributed by atoms with Gasteiger partial charge < -0.3 is 3.07 Å². The van der Waals surface area contributed by atoms with E-state index >= 15 is 0 Å². The lowest BCUT2D eigenvalue weighted by Crippen LogP contribution is -2.00. The Labute approximate surface area is 73.2 Å². The molecule has 1 aromatic rings. The summed E-state index contributed by atoms with van der Waals surface area (Å²) < 4.78 is 6.56. The fourth-order valence-electron chi connectivity index (χ4n) is 0.548. The largest absolute Gasteiger partial charge is 0.405 e. The van der Waals surface area contributed by atoms with Gasteiger partial charge in [0.25, 0.3) is 5.88 Å². The number of hydrogen-bond acceptors (Lipinski definition) is 3. The molecule has 0 aliphatic rings. The van der Waals surface area contributed by atoms with Crippen LogP contribution in [0, 0.1) is 0 Å². The Morgan fingerprint density at radius 3 is 2.70 bits per heavy atom. The lowest BCUT2D eigenvalue weighted by Gasteiger charge is -2.00. The van der Waals surface area contributed by atoms with Gasteiger partial charge in [-0.2, -0.15) is 0 Å². The van der Waals surface area contributed by atoms with Crippen LogP contribution in [0.2, 0.25) is 0 Å². The molecule has 10 heavy (non-hydrogen) atoms. The first-order valence-electron chi connectivity index (χ1n) is 2.94. The molecule has 0 spiro atoms. The van der Waals surface area contributed by atoms with Gasteiger partial charge in [0.1, 0.15) is 0 Å². The van der Waals surface area contributed by atoms with Crippen molar-refractivity contribution in [3.05, 3.63) is 6.20 Å². The number of halogens is 1. The first kappa shape index (κ1) is 7.77. The highest BCUT2D eigenvalue weighted by Gasteiger charge is 2.01. The highest BCUT2D eigenvalue weighted by molar-refractivity contribution is 14.1. The molecule has 0 saturated heterocycles. The fourth-order valence-corrected chi connectivity index (χ4v) is 0.750. The van der Waals surface area contributed by atoms with E-state index in [0.29, 0.717) is 11.9 Å². The highest BCUT2D eigenvalue weighted by atomic mass is 127. The van der Waals surface area contributed by atoms with Crippen LogP contribution in [0.5, 0.6) is 5.88 Å². The van der Waals surface area contributed by atoms with Crippen LogP contribution < -0.4 is 3.07 Å². The van der Waals surface area contributed by atoms with Gasteiger partial charge in [-0.25, -0.2) is 4.68 Å². The van der Waals surface area contributed by atoms with Crippen LogP contribution >= 0.6 is 23.0 Å².